The summed E-state index contributed by atoms with van der Waals surface area (Å²) in [4.78, 5) is 4.10. The summed E-state index contributed by atoms with van der Waals surface area (Å²) in [5.41, 5.74) is 7.95. The van der Waals surface area contributed by atoms with Gasteiger partial charge in [0.15, 0.2) is 5.69 Å². The molecule has 0 fully saturated rings. The van der Waals surface area contributed by atoms with Crippen LogP contribution in [0.15, 0.2) is 36.4 Å². The van der Waals surface area contributed by atoms with Crippen LogP contribution in [-0.2, 0) is 6.42 Å². The molecule has 0 spiro atoms. The second-order valence-electron chi connectivity index (χ2n) is 3.90. The van der Waals surface area contributed by atoms with E-state index in [4.69, 9.17) is 16.3 Å². The van der Waals surface area contributed by atoms with Crippen molar-refractivity contribution in [3.63, 3.8) is 0 Å². The third-order valence-electron chi connectivity index (χ3n) is 2.54. The van der Waals surface area contributed by atoms with Crippen LogP contribution in [0.2, 0.25) is 0 Å². The number of nitriles is 2. The predicted octanol–water partition coefficient (Wildman–Crippen LogP) is 2.35. The summed E-state index contributed by atoms with van der Waals surface area (Å²) < 4.78 is 0. The number of nitrogens with zero attached hydrogens (tertiary/aromatic N) is 3. The molecule has 0 aliphatic rings. The molecule has 0 radical (unpaired) electrons. The van der Waals surface area contributed by atoms with Gasteiger partial charge in [0.1, 0.15) is 11.9 Å². The summed E-state index contributed by atoms with van der Waals surface area (Å²) in [6.07, 6.45) is 0.388. The predicted molar refractivity (Wildman–Crippen MR) is 72.4 cm³/mol. The maximum atomic E-state index is 8.85. The highest BCUT2D eigenvalue weighted by Crippen LogP contribution is 2.18. The topological polar surface area (TPSA) is 98.5 Å². The van der Waals surface area contributed by atoms with Gasteiger partial charge in [0, 0.05) is 5.69 Å². The fourth-order valence-electron chi connectivity index (χ4n) is 1.57. The average Bonchev–Trinajstić information content (AvgIpc) is 2.43. The Morgan fingerprint density at radius 1 is 1.11 bits per heavy atom. The molecule has 1 heterocycles. The molecule has 0 aliphatic carbocycles. The molecule has 5 heteroatoms. The second kappa shape index (κ2) is 5.52. The van der Waals surface area contributed by atoms with Crippen LogP contribution in [0.4, 0.5) is 17.2 Å². The molecule has 1 aromatic carbocycles. The van der Waals surface area contributed by atoms with E-state index in [2.05, 4.69) is 16.4 Å². The zero-order chi connectivity index (χ0) is 13.7. The molecule has 0 unspecified atom stereocenters. The minimum atomic E-state index is 0.200. The van der Waals surface area contributed by atoms with Gasteiger partial charge >= 0.3 is 0 Å². The SMILES string of the molecule is N#CCc1ccc(Nc2ccc(N)c(C#N)n2)cc1. The minimum Gasteiger partial charge on any atom is -0.396 e. The Morgan fingerprint density at radius 3 is 2.47 bits per heavy atom. The number of rotatable bonds is 3. The Labute approximate surface area is 110 Å². The van der Waals surface area contributed by atoms with Crippen LogP contribution in [0, 0.1) is 22.7 Å². The monoisotopic (exact) mass is 249 g/mol. The Hall–Kier alpha value is -3.05. The summed E-state index contributed by atoms with van der Waals surface area (Å²) in [6, 6.07) is 14.8. The molecule has 0 saturated heterocycles. The lowest BCUT2D eigenvalue weighted by Crippen LogP contribution is -1.99. The molecule has 1 aromatic heterocycles. The van der Waals surface area contributed by atoms with Crippen molar-refractivity contribution in [2.75, 3.05) is 11.1 Å². The number of anilines is 3. The molecule has 92 valence electrons. The van der Waals surface area contributed by atoms with Crippen LogP contribution in [0.1, 0.15) is 11.3 Å². The highest BCUT2D eigenvalue weighted by atomic mass is 15.0. The fraction of sp³-hybridized carbons (Fsp3) is 0.0714. The van der Waals surface area contributed by atoms with Crippen molar-refractivity contribution in [3.05, 3.63) is 47.7 Å². The Kier molecular flexibility index (Phi) is 3.61. The first-order valence-electron chi connectivity index (χ1n) is 5.62. The van der Waals surface area contributed by atoms with Crippen LogP contribution >= 0.6 is 0 Å². The molecule has 0 atom stereocenters. The molecule has 0 bridgehead atoms. The fourth-order valence-corrected chi connectivity index (χ4v) is 1.57. The van der Waals surface area contributed by atoms with Gasteiger partial charge < -0.3 is 11.1 Å². The van der Waals surface area contributed by atoms with Crippen LogP contribution < -0.4 is 11.1 Å². The van der Waals surface area contributed by atoms with Crippen molar-refractivity contribution in [1.82, 2.24) is 4.98 Å². The molecule has 3 N–H and O–H groups in total. The van der Waals surface area contributed by atoms with E-state index in [0.717, 1.165) is 11.3 Å². The maximum absolute atomic E-state index is 8.85. The quantitative estimate of drug-likeness (QED) is 0.869. The van der Waals surface area contributed by atoms with E-state index in [1.807, 2.05) is 30.3 Å². The van der Waals surface area contributed by atoms with Gasteiger partial charge in [-0.3, -0.25) is 0 Å². The second-order valence-corrected chi connectivity index (χ2v) is 3.90. The number of pyridine rings is 1. The van der Waals surface area contributed by atoms with Gasteiger partial charge in [-0.05, 0) is 29.8 Å². The number of nitrogens with two attached hydrogens (primary N) is 1. The van der Waals surface area contributed by atoms with Gasteiger partial charge in [0.2, 0.25) is 0 Å². The van der Waals surface area contributed by atoms with E-state index < -0.39 is 0 Å². The first-order chi connectivity index (χ1) is 9.22. The lowest BCUT2D eigenvalue weighted by atomic mass is 10.1. The van der Waals surface area contributed by atoms with Crippen molar-refractivity contribution in [1.29, 1.82) is 10.5 Å². The standard InChI is InChI=1S/C14H11N5/c15-8-7-10-1-3-11(4-2-10)18-14-6-5-12(17)13(9-16)19-14/h1-6H,7,17H2,(H,18,19). The Balaban J connectivity index is 2.17. The average molecular weight is 249 g/mol. The van der Waals surface area contributed by atoms with Crippen LogP contribution in [-0.4, -0.2) is 4.98 Å². The first-order valence-corrected chi connectivity index (χ1v) is 5.62. The number of hydrogen-bond acceptors (Lipinski definition) is 5. The molecule has 2 aromatic rings. The molecule has 0 aliphatic heterocycles. The van der Waals surface area contributed by atoms with Crippen LogP contribution in [0.5, 0.6) is 0 Å². The van der Waals surface area contributed by atoms with Crippen LogP contribution in [0.25, 0.3) is 0 Å². The third-order valence-corrected chi connectivity index (χ3v) is 2.54. The summed E-state index contributed by atoms with van der Waals surface area (Å²) in [5.74, 6) is 0.554. The number of benzene rings is 1. The van der Waals surface area contributed by atoms with Gasteiger partial charge in [-0.15, -0.1) is 0 Å². The maximum Gasteiger partial charge on any atom is 0.165 e. The van der Waals surface area contributed by atoms with E-state index in [1.54, 1.807) is 12.1 Å². The van der Waals surface area contributed by atoms with E-state index in [-0.39, 0.29) is 5.69 Å². The smallest absolute Gasteiger partial charge is 0.165 e. The zero-order valence-corrected chi connectivity index (χ0v) is 10.1. The summed E-state index contributed by atoms with van der Waals surface area (Å²) in [7, 11) is 0. The highest BCUT2D eigenvalue weighted by molar-refractivity contribution is 5.61. The van der Waals surface area contributed by atoms with E-state index in [1.165, 1.54) is 0 Å². The van der Waals surface area contributed by atoms with E-state index in [9.17, 15) is 0 Å². The molecule has 0 saturated carbocycles. The van der Waals surface area contributed by atoms with Crippen molar-refractivity contribution >= 4 is 17.2 Å². The van der Waals surface area contributed by atoms with Gasteiger partial charge in [-0.1, -0.05) is 12.1 Å². The lowest BCUT2D eigenvalue weighted by Gasteiger charge is -2.07. The van der Waals surface area contributed by atoms with Crippen molar-refractivity contribution in [3.8, 4) is 12.1 Å². The molecule has 19 heavy (non-hydrogen) atoms. The van der Waals surface area contributed by atoms with Gasteiger partial charge in [-0.25, -0.2) is 4.98 Å². The number of nitrogen functional groups attached to an aromatic ring is 1. The molecule has 2 rings (SSSR count). The molecular formula is C14H11N5. The normalized spacial score (nSPS) is 9.37. The van der Waals surface area contributed by atoms with Gasteiger partial charge in [0.05, 0.1) is 18.2 Å². The van der Waals surface area contributed by atoms with Gasteiger partial charge in [0.25, 0.3) is 0 Å². The zero-order valence-electron chi connectivity index (χ0n) is 10.1. The molecule has 0 amide bonds. The highest BCUT2D eigenvalue weighted by Gasteiger charge is 2.02. The van der Waals surface area contributed by atoms with Crippen LogP contribution in [0.3, 0.4) is 0 Å². The third kappa shape index (κ3) is 2.99. The van der Waals surface area contributed by atoms with E-state index in [0.29, 0.717) is 17.9 Å². The number of nitrogens with one attached hydrogen (secondary N) is 1. The van der Waals surface area contributed by atoms with Crippen molar-refractivity contribution in [2.45, 2.75) is 6.42 Å². The lowest BCUT2D eigenvalue weighted by molar-refractivity contribution is 1.24. The van der Waals surface area contributed by atoms with Crippen molar-refractivity contribution < 1.29 is 0 Å². The molecular weight excluding hydrogens is 238 g/mol. The molecule has 5 nitrogen and oxygen atoms in total. The van der Waals surface area contributed by atoms with E-state index >= 15 is 0 Å². The Morgan fingerprint density at radius 2 is 1.84 bits per heavy atom. The summed E-state index contributed by atoms with van der Waals surface area (Å²) in [5, 5.41) is 20.5. The summed E-state index contributed by atoms with van der Waals surface area (Å²) in [6.45, 7) is 0. The Bertz CT molecular complexity index is 662. The summed E-state index contributed by atoms with van der Waals surface area (Å²) >= 11 is 0. The minimum absolute atomic E-state index is 0.200. The number of hydrogen-bond donors (Lipinski definition) is 2. The largest absolute Gasteiger partial charge is 0.396 e. The van der Waals surface area contributed by atoms with Gasteiger partial charge in [-0.2, -0.15) is 10.5 Å². The van der Waals surface area contributed by atoms with Crippen molar-refractivity contribution in [2.24, 2.45) is 0 Å². The number of aromatic nitrogens is 1. The first kappa shape index (κ1) is 12.4.